The number of anilines is 1. The Morgan fingerprint density at radius 1 is 1.35 bits per heavy atom. The Kier molecular flexibility index (Phi) is 5.15. The van der Waals surface area contributed by atoms with E-state index >= 15 is 0 Å². The number of rotatable bonds is 6. The molecule has 10 heteroatoms. The quantitative estimate of drug-likeness (QED) is 0.483. The number of imidazole rings is 1. The minimum absolute atomic E-state index is 0.167. The number of nitrogens with one attached hydrogen (secondary N) is 1. The van der Waals surface area contributed by atoms with E-state index in [4.69, 9.17) is 4.74 Å². The molecule has 9 nitrogen and oxygen atoms in total. The van der Waals surface area contributed by atoms with Gasteiger partial charge in [-0.15, -0.1) is 0 Å². The van der Waals surface area contributed by atoms with Crippen LogP contribution in [-0.4, -0.2) is 30.1 Å². The van der Waals surface area contributed by atoms with Crippen molar-refractivity contribution in [1.29, 1.82) is 5.26 Å². The molecule has 0 saturated heterocycles. The lowest BCUT2D eigenvalue weighted by Gasteiger charge is -2.12. The van der Waals surface area contributed by atoms with E-state index in [9.17, 15) is 14.4 Å². The van der Waals surface area contributed by atoms with Crippen LogP contribution in [0.3, 0.4) is 0 Å². The minimum Gasteiger partial charge on any atom is -0.474 e. The van der Waals surface area contributed by atoms with Crippen molar-refractivity contribution in [1.82, 2.24) is 24.1 Å². The van der Waals surface area contributed by atoms with Crippen molar-refractivity contribution in [3.63, 3.8) is 0 Å². The number of hydrogen-bond acceptors (Lipinski definition) is 6. The summed E-state index contributed by atoms with van der Waals surface area (Å²) in [4.78, 5) is 19.6. The molecule has 1 amide bonds. The maximum absolute atomic E-state index is 14.7. The summed E-state index contributed by atoms with van der Waals surface area (Å²) in [6.07, 6.45) is 7.35. The van der Waals surface area contributed by atoms with Crippen LogP contribution in [0.4, 0.5) is 10.2 Å². The first-order chi connectivity index (χ1) is 15.0. The van der Waals surface area contributed by atoms with Crippen molar-refractivity contribution in [2.45, 2.75) is 6.61 Å². The van der Waals surface area contributed by atoms with Crippen LogP contribution >= 0.6 is 0 Å². The number of pyridine rings is 2. The maximum Gasteiger partial charge on any atom is 0.248 e. The van der Waals surface area contributed by atoms with Crippen LogP contribution < -0.4 is 10.1 Å². The molecule has 0 atom stereocenters. The van der Waals surface area contributed by atoms with Gasteiger partial charge in [0.2, 0.25) is 11.8 Å². The van der Waals surface area contributed by atoms with Gasteiger partial charge in [-0.3, -0.25) is 13.9 Å². The lowest BCUT2D eigenvalue weighted by atomic mass is 10.1. The molecule has 0 unspecified atom stereocenters. The fourth-order valence-electron chi connectivity index (χ4n) is 3.00. The third kappa shape index (κ3) is 3.84. The van der Waals surface area contributed by atoms with Gasteiger partial charge in [-0.2, -0.15) is 10.4 Å². The predicted molar refractivity (Wildman–Crippen MR) is 109 cm³/mol. The van der Waals surface area contributed by atoms with Gasteiger partial charge in [-0.25, -0.2) is 14.4 Å². The standard InChI is InChI=1S/C21H16FN7O2/c1-3-18(30)27-21-20(22)13(4-5-24-21)12-31-19-7-14(15-9-26-28(2)11-15)6-17-25-10-16(8-23)29(17)19/h3-7,9-11H,1,12H2,2H3,(H,24,27,30). The number of hydrogen-bond donors (Lipinski definition) is 1. The van der Waals surface area contributed by atoms with E-state index in [-0.39, 0.29) is 23.7 Å². The summed E-state index contributed by atoms with van der Waals surface area (Å²) in [6, 6.07) is 7.04. The van der Waals surface area contributed by atoms with Gasteiger partial charge in [0.15, 0.2) is 11.6 Å². The molecule has 4 aromatic rings. The van der Waals surface area contributed by atoms with Gasteiger partial charge in [-0.05, 0) is 23.8 Å². The Balaban J connectivity index is 1.70. The first-order valence-corrected chi connectivity index (χ1v) is 9.10. The van der Waals surface area contributed by atoms with Gasteiger partial charge >= 0.3 is 0 Å². The van der Waals surface area contributed by atoms with E-state index in [1.807, 2.05) is 6.20 Å². The Morgan fingerprint density at radius 3 is 2.90 bits per heavy atom. The van der Waals surface area contributed by atoms with E-state index in [1.54, 1.807) is 34.5 Å². The van der Waals surface area contributed by atoms with E-state index < -0.39 is 11.7 Å². The van der Waals surface area contributed by atoms with Crippen LogP contribution in [0.2, 0.25) is 0 Å². The summed E-state index contributed by atoms with van der Waals surface area (Å²) >= 11 is 0. The van der Waals surface area contributed by atoms with E-state index in [2.05, 4.69) is 33.0 Å². The van der Waals surface area contributed by atoms with Crippen molar-refractivity contribution in [3.8, 4) is 23.1 Å². The second kappa shape index (κ2) is 8.08. The van der Waals surface area contributed by atoms with E-state index in [0.717, 1.165) is 17.2 Å². The van der Waals surface area contributed by atoms with Crippen LogP contribution in [0, 0.1) is 17.1 Å². The molecule has 0 aliphatic heterocycles. The zero-order valence-electron chi connectivity index (χ0n) is 16.4. The Bertz CT molecular complexity index is 1350. The lowest BCUT2D eigenvalue weighted by molar-refractivity contribution is -0.111. The number of fused-ring (bicyclic) bond motifs is 1. The molecule has 4 rings (SSSR count). The van der Waals surface area contributed by atoms with Crippen molar-refractivity contribution in [3.05, 3.63) is 72.7 Å². The number of nitriles is 1. The summed E-state index contributed by atoms with van der Waals surface area (Å²) in [5.41, 5.74) is 2.56. The summed E-state index contributed by atoms with van der Waals surface area (Å²) in [5, 5.41) is 15.9. The smallest absolute Gasteiger partial charge is 0.248 e. The van der Waals surface area contributed by atoms with E-state index in [1.165, 1.54) is 18.5 Å². The molecule has 31 heavy (non-hydrogen) atoms. The minimum atomic E-state index is -0.719. The number of aromatic nitrogens is 5. The van der Waals surface area contributed by atoms with Crippen molar-refractivity contribution in [2.24, 2.45) is 7.05 Å². The van der Waals surface area contributed by atoms with E-state index in [0.29, 0.717) is 11.5 Å². The second-order valence-corrected chi connectivity index (χ2v) is 6.55. The molecular formula is C21H16FN7O2. The summed E-state index contributed by atoms with van der Waals surface area (Å²) < 4.78 is 23.8. The first-order valence-electron chi connectivity index (χ1n) is 9.10. The van der Waals surface area contributed by atoms with Gasteiger partial charge in [0, 0.05) is 36.6 Å². The topological polar surface area (TPSA) is 110 Å². The number of aryl methyl sites for hydroxylation is 1. The number of amides is 1. The molecule has 0 aromatic carbocycles. The zero-order chi connectivity index (χ0) is 22.0. The number of ether oxygens (including phenoxy) is 1. The summed E-state index contributed by atoms with van der Waals surface area (Å²) in [6.45, 7) is 3.17. The van der Waals surface area contributed by atoms with Crippen LogP contribution in [0.5, 0.6) is 5.88 Å². The SMILES string of the molecule is C=CC(=O)Nc1nccc(COc2cc(-c3cnn(C)c3)cc3ncc(C#N)n23)c1F. The Hall–Kier alpha value is -4.52. The molecule has 154 valence electrons. The number of carbonyl (C=O) groups excluding carboxylic acids is 1. The highest BCUT2D eigenvalue weighted by molar-refractivity contribution is 5.98. The molecule has 4 aromatic heterocycles. The molecule has 0 aliphatic rings. The third-order valence-corrected chi connectivity index (χ3v) is 4.50. The molecule has 4 heterocycles. The van der Waals surface area contributed by atoms with Gasteiger partial charge in [0.1, 0.15) is 24.0 Å². The summed E-state index contributed by atoms with van der Waals surface area (Å²) in [7, 11) is 1.80. The molecule has 0 radical (unpaired) electrons. The lowest BCUT2D eigenvalue weighted by Crippen LogP contribution is -2.12. The van der Waals surface area contributed by atoms with Gasteiger partial charge < -0.3 is 10.1 Å². The Labute approximate surface area is 176 Å². The van der Waals surface area contributed by atoms with Gasteiger partial charge in [-0.1, -0.05) is 6.58 Å². The molecule has 0 spiro atoms. The van der Waals surface area contributed by atoms with Crippen molar-refractivity contribution in [2.75, 3.05) is 5.32 Å². The van der Waals surface area contributed by atoms with Gasteiger partial charge in [0.05, 0.1) is 12.4 Å². The number of carbonyl (C=O) groups is 1. The first kappa shape index (κ1) is 19.8. The summed E-state index contributed by atoms with van der Waals surface area (Å²) in [5.74, 6) is -1.21. The molecular weight excluding hydrogens is 401 g/mol. The van der Waals surface area contributed by atoms with Crippen molar-refractivity contribution < 1.29 is 13.9 Å². The predicted octanol–water partition coefficient (Wildman–Crippen LogP) is 2.84. The van der Waals surface area contributed by atoms with Crippen molar-refractivity contribution >= 4 is 17.4 Å². The highest BCUT2D eigenvalue weighted by Gasteiger charge is 2.15. The molecule has 0 aliphatic carbocycles. The number of nitrogens with zero attached hydrogens (tertiary/aromatic N) is 6. The third-order valence-electron chi connectivity index (χ3n) is 4.50. The number of halogens is 1. The van der Waals surface area contributed by atoms with Crippen LogP contribution in [0.1, 0.15) is 11.3 Å². The average molecular weight is 417 g/mol. The second-order valence-electron chi connectivity index (χ2n) is 6.55. The van der Waals surface area contributed by atoms with Crippen LogP contribution in [-0.2, 0) is 18.4 Å². The van der Waals surface area contributed by atoms with Crippen LogP contribution in [0.15, 0.2) is 55.6 Å². The molecule has 0 fully saturated rings. The fourth-order valence-corrected chi connectivity index (χ4v) is 3.00. The zero-order valence-corrected chi connectivity index (χ0v) is 16.4. The monoisotopic (exact) mass is 417 g/mol. The highest BCUT2D eigenvalue weighted by Crippen LogP contribution is 2.28. The molecule has 0 bridgehead atoms. The average Bonchev–Trinajstić information content (AvgIpc) is 3.39. The Morgan fingerprint density at radius 2 is 2.19 bits per heavy atom. The molecule has 1 N–H and O–H groups in total. The molecule has 0 saturated carbocycles. The van der Waals surface area contributed by atoms with Gasteiger partial charge in [0.25, 0.3) is 0 Å². The maximum atomic E-state index is 14.7. The normalized spacial score (nSPS) is 10.6. The highest BCUT2D eigenvalue weighted by atomic mass is 19.1. The largest absolute Gasteiger partial charge is 0.474 e. The van der Waals surface area contributed by atoms with Crippen LogP contribution in [0.25, 0.3) is 16.8 Å². The fraction of sp³-hybridized carbons (Fsp3) is 0.0952.